The lowest BCUT2D eigenvalue weighted by molar-refractivity contribution is 0.602. The molecule has 0 fully saturated rings. The van der Waals surface area contributed by atoms with E-state index in [0.717, 1.165) is 26.7 Å². The molecule has 24 heavy (non-hydrogen) atoms. The number of sulfone groups is 1. The van der Waals surface area contributed by atoms with Crippen molar-refractivity contribution in [1.29, 1.82) is 0 Å². The fraction of sp³-hybridized carbons (Fsp3) is 0.0588. The highest BCUT2D eigenvalue weighted by Gasteiger charge is 2.17. The molecule has 0 bridgehead atoms. The van der Waals surface area contributed by atoms with Gasteiger partial charge in [-0.15, -0.1) is 0 Å². The van der Waals surface area contributed by atoms with Crippen molar-refractivity contribution in [2.24, 2.45) is 0 Å². The minimum absolute atomic E-state index is 0.312. The molecular formula is C17H13N3O2S2. The maximum atomic E-state index is 11.6. The van der Waals surface area contributed by atoms with Gasteiger partial charge in [0.2, 0.25) is 4.96 Å². The number of thiazole rings is 1. The van der Waals surface area contributed by atoms with Crippen LogP contribution in [0.2, 0.25) is 0 Å². The standard InChI is InChI=1S/C17H13N3O2S2/c1-24(21,22)14-9-7-13(8-10-14)16-15(12-5-3-2-4-6-12)20-17(23-16)18-11-19-20/h2-11H,1H3. The first-order valence-electron chi connectivity index (χ1n) is 7.22. The Hall–Kier alpha value is -2.51. The first-order valence-corrected chi connectivity index (χ1v) is 9.93. The molecule has 4 aromatic rings. The monoisotopic (exact) mass is 355 g/mol. The summed E-state index contributed by atoms with van der Waals surface area (Å²) in [6, 6.07) is 16.9. The lowest BCUT2D eigenvalue weighted by Crippen LogP contribution is -1.96. The molecule has 0 N–H and O–H groups in total. The zero-order chi connectivity index (χ0) is 16.7. The van der Waals surface area contributed by atoms with Gasteiger partial charge in [0.05, 0.1) is 15.5 Å². The van der Waals surface area contributed by atoms with Crippen LogP contribution in [0.5, 0.6) is 0 Å². The predicted octanol–water partition coefficient (Wildman–Crippen LogP) is 3.53. The molecule has 0 radical (unpaired) electrons. The Bertz CT molecular complexity index is 1110. The summed E-state index contributed by atoms with van der Waals surface area (Å²) in [4.78, 5) is 6.41. The Morgan fingerprint density at radius 3 is 2.33 bits per heavy atom. The zero-order valence-corrected chi connectivity index (χ0v) is 14.4. The average Bonchev–Trinajstić information content (AvgIpc) is 3.15. The van der Waals surface area contributed by atoms with Crippen molar-refractivity contribution in [1.82, 2.24) is 14.6 Å². The van der Waals surface area contributed by atoms with Gasteiger partial charge in [0, 0.05) is 11.8 Å². The van der Waals surface area contributed by atoms with E-state index in [1.165, 1.54) is 23.9 Å². The second-order valence-corrected chi connectivity index (χ2v) is 8.39. The molecule has 0 saturated carbocycles. The highest BCUT2D eigenvalue weighted by molar-refractivity contribution is 7.90. The summed E-state index contributed by atoms with van der Waals surface area (Å²) < 4.78 is 25.1. The number of benzene rings is 2. The van der Waals surface area contributed by atoms with Crippen LogP contribution in [0.15, 0.2) is 65.8 Å². The van der Waals surface area contributed by atoms with Gasteiger partial charge >= 0.3 is 0 Å². The van der Waals surface area contributed by atoms with Crippen molar-refractivity contribution in [3.63, 3.8) is 0 Å². The van der Waals surface area contributed by atoms with Gasteiger partial charge < -0.3 is 0 Å². The maximum absolute atomic E-state index is 11.6. The summed E-state index contributed by atoms with van der Waals surface area (Å²) in [5, 5.41) is 4.32. The second-order valence-electron chi connectivity index (χ2n) is 5.40. The third kappa shape index (κ3) is 2.51. The van der Waals surface area contributed by atoms with Crippen molar-refractivity contribution in [3.8, 4) is 21.7 Å². The van der Waals surface area contributed by atoms with Gasteiger partial charge in [0.15, 0.2) is 9.84 Å². The molecule has 0 atom stereocenters. The van der Waals surface area contributed by atoms with E-state index in [0.29, 0.717) is 4.90 Å². The summed E-state index contributed by atoms with van der Waals surface area (Å²) in [5.74, 6) is 0. The molecule has 0 unspecified atom stereocenters. The van der Waals surface area contributed by atoms with Gasteiger partial charge in [-0.1, -0.05) is 53.8 Å². The van der Waals surface area contributed by atoms with Crippen molar-refractivity contribution >= 4 is 26.1 Å². The molecule has 2 aromatic heterocycles. The molecule has 0 aliphatic rings. The molecule has 120 valence electrons. The third-order valence-corrected chi connectivity index (χ3v) is 5.95. The van der Waals surface area contributed by atoms with E-state index in [2.05, 4.69) is 10.1 Å². The minimum Gasteiger partial charge on any atom is -0.224 e. The summed E-state index contributed by atoms with van der Waals surface area (Å²) >= 11 is 1.53. The normalized spacial score (nSPS) is 11.9. The quantitative estimate of drug-likeness (QED) is 0.564. The Kier molecular flexibility index (Phi) is 3.47. The van der Waals surface area contributed by atoms with Crippen LogP contribution in [-0.2, 0) is 9.84 Å². The lowest BCUT2D eigenvalue weighted by Gasteiger charge is -2.05. The maximum Gasteiger partial charge on any atom is 0.213 e. The van der Waals surface area contributed by atoms with Gasteiger partial charge in [-0.25, -0.2) is 17.9 Å². The van der Waals surface area contributed by atoms with E-state index in [9.17, 15) is 8.42 Å². The number of aromatic nitrogens is 3. The number of hydrogen-bond donors (Lipinski definition) is 0. The van der Waals surface area contributed by atoms with Crippen LogP contribution in [0.3, 0.4) is 0 Å². The number of rotatable bonds is 3. The van der Waals surface area contributed by atoms with E-state index in [1.807, 2.05) is 47.0 Å². The Morgan fingerprint density at radius 2 is 1.67 bits per heavy atom. The summed E-state index contributed by atoms with van der Waals surface area (Å²) in [5.41, 5.74) is 2.94. The SMILES string of the molecule is CS(=O)(=O)c1ccc(-c2sc3ncnn3c2-c2ccccc2)cc1. The highest BCUT2D eigenvalue weighted by atomic mass is 32.2. The average molecular weight is 355 g/mol. The Balaban J connectivity index is 1.93. The minimum atomic E-state index is -3.20. The van der Waals surface area contributed by atoms with E-state index in [4.69, 9.17) is 0 Å². The van der Waals surface area contributed by atoms with Gasteiger partial charge in [-0.05, 0) is 17.7 Å². The number of hydrogen-bond acceptors (Lipinski definition) is 5. The molecule has 5 nitrogen and oxygen atoms in total. The van der Waals surface area contributed by atoms with Crippen molar-refractivity contribution in [3.05, 3.63) is 60.9 Å². The van der Waals surface area contributed by atoms with Crippen LogP contribution in [0.1, 0.15) is 0 Å². The van der Waals surface area contributed by atoms with Crippen LogP contribution in [0.4, 0.5) is 0 Å². The molecule has 2 aromatic carbocycles. The van der Waals surface area contributed by atoms with E-state index >= 15 is 0 Å². The first kappa shape index (κ1) is 15.0. The van der Waals surface area contributed by atoms with Crippen molar-refractivity contribution < 1.29 is 8.42 Å². The molecule has 0 amide bonds. The van der Waals surface area contributed by atoms with Crippen LogP contribution in [0, 0.1) is 0 Å². The van der Waals surface area contributed by atoms with E-state index in [-0.39, 0.29) is 0 Å². The molecule has 2 heterocycles. The molecule has 0 saturated heterocycles. The highest BCUT2D eigenvalue weighted by Crippen LogP contribution is 2.38. The fourth-order valence-corrected chi connectivity index (χ4v) is 4.28. The predicted molar refractivity (Wildman–Crippen MR) is 94.8 cm³/mol. The largest absolute Gasteiger partial charge is 0.224 e. The summed E-state index contributed by atoms with van der Waals surface area (Å²) in [6.07, 6.45) is 2.75. The molecule has 0 aliphatic carbocycles. The molecule has 0 spiro atoms. The smallest absolute Gasteiger partial charge is 0.213 e. The van der Waals surface area contributed by atoms with Gasteiger partial charge in [-0.2, -0.15) is 5.10 Å². The van der Waals surface area contributed by atoms with E-state index < -0.39 is 9.84 Å². The summed E-state index contributed by atoms with van der Waals surface area (Å²) in [7, 11) is -3.20. The topological polar surface area (TPSA) is 64.3 Å². The van der Waals surface area contributed by atoms with Gasteiger partial charge in [0.1, 0.15) is 6.33 Å². The van der Waals surface area contributed by atoms with Gasteiger partial charge in [-0.3, -0.25) is 0 Å². The Labute approximate surface area is 143 Å². The second kappa shape index (κ2) is 5.54. The third-order valence-electron chi connectivity index (χ3n) is 3.73. The van der Waals surface area contributed by atoms with Crippen LogP contribution >= 0.6 is 11.3 Å². The van der Waals surface area contributed by atoms with Crippen LogP contribution in [-0.4, -0.2) is 29.3 Å². The molecule has 0 aliphatic heterocycles. The van der Waals surface area contributed by atoms with Crippen LogP contribution in [0.25, 0.3) is 26.7 Å². The van der Waals surface area contributed by atoms with Crippen LogP contribution < -0.4 is 0 Å². The van der Waals surface area contributed by atoms with Gasteiger partial charge in [0.25, 0.3) is 0 Å². The first-order chi connectivity index (χ1) is 11.5. The van der Waals surface area contributed by atoms with E-state index in [1.54, 1.807) is 12.1 Å². The number of nitrogens with zero attached hydrogens (tertiary/aromatic N) is 3. The Morgan fingerprint density at radius 1 is 0.958 bits per heavy atom. The zero-order valence-electron chi connectivity index (χ0n) is 12.7. The number of fused-ring (bicyclic) bond motifs is 1. The lowest BCUT2D eigenvalue weighted by atomic mass is 10.1. The summed E-state index contributed by atoms with van der Waals surface area (Å²) in [6.45, 7) is 0. The molecule has 4 rings (SSSR count). The fourth-order valence-electron chi connectivity index (χ4n) is 2.59. The molecule has 7 heteroatoms. The van der Waals surface area contributed by atoms with Crippen molar-refractivity contribution in [2.45, 2.75) is 4.90 Å². The molecular weight excluding hydrogens is 342 g/mol. The van der Waals surface area contributed by atoms with Crippen molar-refractivity contribution in [2.75, 3.05) is 6.26 Å².